The molecular formula is C25H29FN2O6S. The van der Waals surface area contributed by atoms with Gasteiger partial charge in [-0.1, -0.05) is 0 Å². The summed E-state index contributed by atoms with van der Waals surface area (Å²) in [6, 6.07) is 9.62. The number of ether oxygens (including phenoxy) is 2. The largest absolute Gasteiger partial charge is 0.487 e. The number of nitrogens with zero attached hydrogens (tertiary/aromatic N) is 1. The molecule has 4 atom stereocenters. The van der Waals surface area contributed by atoms with Crippen LogP contribution in [-0.4, -0.2) is 62.3 Å². The van der Waals surface area contributed by atoms with Gasteiger partial charge in [0.2, 0.25) is 5.91 Å². The highest BCUT2D eigenvalue weighted by Gasteiger charge is 2.46. The molecular weight excluding hydrogens is 475 g/mol. The Morgan fingerprint density at radius 2 is 1.86 bits per heavy atom. The van der Waals surface area contributed by atoms with Gasteiger partial charge in [-0.15, -0.1) is 0 Å². The number of likely N-dealkylation sites (tertiary alicyclic amines) is 1. The minimum Gasteiger partial charge on any atom is -0.487 e. The van der Waals surface area contributed by atoms with Crippen molar-refractivity contribution in [1.29, 1.82) is 0 Å². The van der Waals surface area contributed by atoms with E-state index >= 15 is 0 Å². The number of hydrogen-bond acceptors (Lipinski definition) is 6. The van der Waals surface area contributed by atoms with Gasteiger partial charge in [-0.25, -0.2) is 12.8 Å². The lowest BCUT2D eigenvalue weighted by Gasteiger charge is -2.38. The van der Waals surface area contributed by atoms with Crippen molar-refractivity contribution < 1.29 is 32.2 Å². The molecule has 10 heteroatoms. The van der Waals surface area contributed by atoms with Crippen LogP contribution < -0.4 is 9.46 Å². The first-order valence-corrected chi connectivity index (χ1v) is 13.5. The zero-order valence-corrected chi connectivity index (χ0v) is 20.0. The fourth-order valence-corrected chi connectivity index (χ4v) is 6.30. The number of halogens is 1. The molecule has 35 heavy (non-hydrogen) atoms. The van der Waals surface area contributed by atoms with Gasteiger partial charge in [0.25, 0.3) is 10.0 Å². The lowest BCUT2D eigenvalue weighted by molar-refractivity contribution is -0.149. The lowest BCUT2D eigenvalue weighted by Crippen LogP contribution is -2.48. The van der Waals surface area contributed by atoms with E-state index in [2.05, 4.69) is 4.72 Å². The number of amides is 1. The quantitative estimate of drug-likeness (QED) is 0.627. The van der Waals surface area contributed by atoms with E-state index < -0.39 is 28.0 Å². The van der Waals surface area contributed by atoms with Crippen LogP contribution in [-0.2, 0) is 19.6 Å². The molecule has 2 fully saturated rings. The predicted molar refractivity (Wildman–Crippen MR) is 126 cm³/mol. The Bertz CT molecular complexity index is 1180. The Morgan fingerprint density at radius 3 is 2.57 bits per heavy atom. The van der Waals surface area contributed by atoms with Crippen molar-refractivity contribution in [2.75, 3.05) is 24.4 Å². The topological polar surface area (TPSA) is 105 Å². The highest BCUT2D eigenvalue weighted by molar-refractivity contribution is 7.92. The summed E-state index contributed by atoms with van der Waals surface area (Å²) >= 11 is 0. The van der Waals surface area contributed by atoms with Gasteiger partial charge in [-0.2, -0.15) is 0 Å². The molecule has 0 aromatic heterocycles. The maximum atomic E-state index is 13.2. The summed E-state index contributed by atoms with van der Waals surface area (Å²) < 4.78 is 53.4. The maximum Gasteiger partial charge on any atom is 0.261 e. The lowest BCUT2D eigenvalue weighted by atomic mass is 9.84. The molecule has 0 bridgehead atoms. The molecule has 3 aliphatic heterocycles. The number of carbonyl (C=O) groups excluding carboxylic acids is 1. The number of aliphatic hydroxyl groups excluding tert-OH is 1. The van der Waals surface area contributed by atoms with Gasteiger partial charge < -0.3 is 19.5 Å². The second-order valence-corrected chi connectivity index (χ2v) is 11.0. The molecule has 3 heterocycles. The van der Waals surface area contributed by atoms with E-state index in [9.17, 15) is 22.7 Å². The third-order valence-corrected chi connectivity index (χ3v) is 8.38. The normalized spacial score (nSPS) is 25.9. The number of sulfonamides is 1. The Kier molecular flexibility index (Phi) is 6.69. The third kappa shape index (κ3) is 5.00. The summed E-state index contributed by atoms with van der Waals surface area (Å²) in [4.78, 5) is 14.7. The fourth-order valence-electron chi connectivity index (χ4n) is 5.25. The third-order valence-electron chi connectivity index (χ3n) is 6.99. The predicted octanol–water partition coefficient (Wildman–Crippen LogP) is 3.02. The summed E-state index contributed by atoms with van der Waals surface area (Å²) in [5.41, 5.74) is 1.16. The second kappa shape index (κ2) is 9.75. The number of rotatable bonds is 6. The van der Waals surface area contributed by atoms with Crippen molar-refractivity contribution in [3.05, 3.63) is 53.8 Å². The van der Waals surface area contributed by atoms with Crippen LogP contribution in [0.3, 0.4) is 0 Å². The van der Waals surface area contributed by atoms with Gasteiger partial charge in [-0.3, -0.25) is 9.52 Å². The highest BCUT2D eigenvalue weighted by Crippen LogP contribution is 2.47. The SMILES string of the molecule is O=C(C[C@H]1C[C@H]2c3cc(NS(=O)(=O)c4ccc(F)cc4)ccc3O[C@H]2[C@@H](CO)O1)N1CCCCC1. The van der Waals surface area contributed by atoms with Gasteiger partial charge in [0.15, 0.2) is 0 Å². The van der Waals surface area contributed by atoms with Crippen LogP contribution >= 0.6 is 0 Å². The van der Waals surface area contributed by atoms with Crippen LogP contribution in [0.5, 0.6) is 5.75 Å². The summed E-state index contributed by atoms with van der Waals surface area (Å²) in [5.74, 6) is 0.000791. The van der Waals surface area contributed by atoms with E-state index in [1.165, 1.54) is 12.1 Å². The molecule has 0 unspecified atom stereocenters. The monoisotopic (exact) mass is 504 g/mol. The smallest absolute Gasteiger partial charge is 0.261 e. The number of piperidine rings is 1. The van der Waals surface area contributed by atoms with E-state index in [4.69, 9.17) is 9.47 Å². The number of benzene rings is 2. The molecule has 2 aromatic rings. The summed E-state index contributed by atoms with van der Waals surface area (Å²) in [6.07, 6.45) is 2.57. The molecule has 5 rings (SSSR count). The van der Waals surface area contributed by atoms with Crippen molar-refractivity contribution >= 4 is 21.6 Å². The van der Waals surface area contributed by atoms with E-state index in [0.29, 0.717) is 17.9 Å². The van der Waals surface area contributed by atoms with Crippen LogP contribution in [0.15, 0.2) is 47.4 Å². The van der Waals surface area contributed by atoms with E-state index in [1.54, 1.807) is 18.2 Å². The average Bonchev–Trinajstić information content (AvgIpc) is 3.22. The summed E-state index contributed by atoms with van der Waals surface area (Å²) in [6.45, 7) is 1.29. The first kappa shape index (κ1) is 24.0. The molecule has 3 aliphatic rings. The zero-order valence-electron chi connectivity index (χ0n) is 19.2. The minimum absolute atomic E-state index is 0.0452. The number of hydrogen-bond donors (Lipinski definition) is 2. The number of fused-ring (bicyclic) bond motifs is 3. The van der Waals surface area contributed by atoms with Crippen molar-refractivity contribution in [2.24, 2.45) is 0 Å². The number of carbonyl (C=O) groups is 1. The first-order chi connectivity index (χ1) is 16.8. The Balaban J connectivity index is 1.34. The molecule has 8 nitrogen and oxygen atoms in total. The van der Waals surface area contributed by atoms with Crippen LogP contribution in [0.25, 0.3) is 0 Å². The Morgan fingerprint density at radius 1 is 1.11 bits per heavy atom. The second-order valence-electron chi connectivity index (χ2n) is 9.36. The van der Waals surface area contributed by atoms with Gasteiger partial charge >= 0.3 is 0 Å². The van der Waals surface area contributed by atoms with Gasteiger partial charge in [0.1, 0.15) is 23.8 Å². The number of aliphatic hydroxyl groups is 1. The van der Waals surface area contributed by atoms with Gasteiger partial charge in [0.05, 0.1) is 24.0 Å². The van der Waals surface area contributed by atoms with Crippen LogP contribution in [0, 0.1) is 5.82 Å². The van der Waals surface area contributed by atoms with E-state index in [1.807, 2.05) is 4.90 Å². The highest BCUT2D eigenvalue weighted by atomic mass is 32.2. The molecule has 0 radical (unpaired) electrons. The molecule has 0 aliphatic carbocycles. The van der Waals surface area contributed by atoms with E-state index in [-0.39, 0.29) is 35.9 Å². The van der Waals surface area contributed by atoms with Crippen molar-refractivity contribution in [3.63, 3.8) is 0 Å². The molecule has 2 saturated heterocycles. The van der Waals surface area contributed by atoms with Gasteiger partial charge in [0, 0.05) is 30.3 Å². The number of anilines is 1. The maximum absolute atomic E-state index is 13.2. The van der Waals surface area contributed by atoms with E-state index in [0.717, 1.165) is 50.0 Å². The van der Waals surface area contributed by atoms with Crippen molar-refractivity contribution in [3.8, 4) is 5.75 Å². The number of nitrogens with one attached hydrogen (secondary N) is 1. The fraction of sp³-hybridized carbons (Fsp3) is 0.480. The van der Waals surface area contributed by atoms with Crippen LogP contribution in [0.1, 0.15) is 43.6 Å². The van der Waals surface area contributed by atoms with Gasteiger partial charge in [-0.05, 0) is 68.1 Å². The molecule has 2 N–H and O–H groups in total. The van der Waals surface area contributed by atoms with Crippen LogP contribution in [0.2, 0.25) is 0 Å². The zero-order chi connectivity index (χ0) is 24.6. The molecule has 2 aromatic carbocycles. The molecule has 0 spiro atoms. The Hall–Kier alpha value is -2.69. The van der Waals surface area contributed by atoms with Crippen molar-refractivity contribution in [1.82, 2.24) is 4.90 Å². The summed E-state index contributed by atoms with van der Waals surface area (Å²) in [7, 11) is -3.90. The van der Waals surface area contributed by atoms with Crippen molar-refractivity contribution in [2.45, 2.75) is 61.2 Å². The Labute approximate surface area is 204 Å². The standard InChI is InChI=1S/C25H29FN2O6S/c26-16-4-7-19(8-5-16)35(31,32)27-17-6-9-22-20(12-17)21-13-18(33-23(15-29)25(21)34-22)14-24(30)28-10-2-1-3-11-28/h4-9,12,18,21,23,25,27,29H,1-3,10-11,13-15H2/t18-,21+,23-,25-/m1/s1. The average molecular weight is 505 g/mol. The van der Waals surface area contributed by atoms with Crippen LogP contribution in [0.4, 0.5) is 10.1 Å². The molecule has 188 valence electrons. The molecule has 0 saturated carbocycles. The minimum atomic E-state index is -3.90. The molecule has 1 amide bonds. The first-order valence-electron chi connectivity index (χ1n) is 12.0. The summed E-state index contributed by atoms with van der Waals surface area (Å²) in [5, 5.41) is 9.95.